The van der Waals surface area contributed by atoms with E-state index in [2.05, 4.69) is 4.74 Å². The molecular weight excluding hydrogens is 454 g/mol. The molecular formula is C20H34F2O9S. The van der Waals surface area contributed by atoms with Gasteiger partial charge in [0.1, 0.15) is 5.41 Å². The van der Waals surface area contributed by atoms with Gasteiger partial charge >= 0.3 is 21.3 Å². The maximum absolute atomic E-state index is 13.6. The number of ether oxygens (including phenoxy) is 5. The van der Waals surface area contributed by atoms with Crippen LogP contribution in [0.5, 0.6) is 0 Å². The number of carbonyl (C=O) groups is 1. The highest BCUT2D eigenvalue weighted by Crippen LogP contribution is 2.35. The fourth-order valence-electron chi connectivity index (χ4n) is 3.37. The molecule has 0 aromatic carbocycles. The molecule has 2 saturated heterocycles. The van der Waals surface area contributed by atoms with E-state index in [1.54, 1.807) is 6.92 Å². The lowest BCUT2D eigenvalue weighted by Gasteiger charge is -2.42. The fourth-order valence-corrected chi connectivity index (χ4v) is 3.58. The van der Waals surface area contributed by atoms with Gasteiger partial charge in [-0.25, -0.2) is 0 Å². The second-order valence-corrected chi connectivity index (χ2v) is 10.5. The second-order valence-electron chi connectivity index (χ2n) is 9.00. The molecule has 0 aromatic rings. The van der Waals surface area contributed by atoms with Gasteiger partial charge < -0.3 is 23.7 Å². The first kappa shape index (κ1) is 27.3. The van der Waals surface area contributed by atoms with Gasteiger partial charge in [0.05, 0.1) is 52.9 Å². The Balaban J connectivity index is 2.06. The van der Waals surface area contributed by atoms with Gasteiger partial charge in [-0.3, -0.25) is 9.35 Å². The molecule has 0 atom stereocenters. The SMILES string of the molecule is CCC1(COCC(CC)(COCC2(CC)COC2)C(=O)OCC(F)(F)S(=O)(=O)O)COC1. The molecule has 32 heavy (non-hydrogen) atoms. The molecule has 2 aliphatic rings. The van der Waals surface area contributed by atoms with Gasteiger partial charge in [0.2, 0.25) is 0 Å². The molecule has 0 spiro atoms. The van der Waals surface area contributed by atoms with Crippen LogP contribution in [0.3, 0.4) is 0 Å². The van der Waals surface area contributed by atoms with Crippen LogP contribution in [0.2, 0.25) is 0 Å². The zero-order valence-electron chi connectivity index (χ0n) is 18.9. The maximum atomic E-state index is 13.6. The van der Waals surface area contributed by atoms with Gasteiger partial charge in [-0.2, -0.15) is 17.2 Å². The summed E-state index contributed by atoms with van der Waals surface area (Å²) in [6.45, 7) is 6.30. The number of hydrogen-bond donors (Lipinski definition) is 1. The van der Waals surface area contributed by atoms with E-state index >= 15 is 0 Å². The molecule has 0 amide bonds. The van der Waals surface area contributed by atoms with Crippen LogP contribution >= 0.6 is 0 Å². The predicted molar refractivity (Wildman–Crippen MR) is 109 cm³/mol. The van der Waals surface area contributed by atoms with Crippen molar-refractivity contribution in [2.45, 2.75) is 45.3 Å². The molecule has 2 fully saturated rings. The molecule has 9 nitrogen and oxygen atoms in total. The van der Waals surface area contributed by atoms with E-state index in [1.807, 2.05) is 13.8 Å². The molecule has 2 rings (SSSR count). The Hall–Kier alpha value is -0.920. The van der Waals surface area contributed by atoms with Crippen molar-refractivity contribution in [1.29, 1.82) is 0 Å². The number of carbonyl (C=O) groups excluding carboxylic acids is 1. The maximum Gasteiger partial charge on any atom is 0.402 e. The molecule has 12 heteroatoms. The topological polar surface area (TPSA) is 118 Å². The first-order chi connectivity index (χ1) is 14.9. The van der Waals surface area contributed by atoms with Crippen molar-refractivity contribution in [3.63, 3.8) is 0 Å². The standard InChI is InChI=1S/C20H34F2O9S/c1-4-17(7-27-8-17)11-29-13-19(6-3,14-30-12-18(5-2)9-28-10-18)16(23)31-15-20(21,22)32(24,25)26/h4-15H2,1-3H3,(H,24,25,26). The normalized spacial score (nSPS) is 20.3. The molecule has 0 saturated carbocycles. The molecule has 0 radical (unpaired) electrons. The van der Waals surface area contributed by atoms with E-state index in [0.29, 0.717) is 39.6 Å². The van der Waals surface area contributed by atoms with Crippen molar-refractivity contribution in [2.75, 3.05) is 59.5 Å². The second kappa shape index (κ2) is 10.6. The molecule has 0 aliphatic carbocycles. The zero-order valence-corrected chi connectivity index (χ0v) is 19.7. The van der Waals surface area contributed by atoms with Crippen molar-refractivity contribution in [3.8, 4) is 0 Å². The third kappa shape index (κ3) is 6.15. The minimum atomic E-state index is -5.72. The summed E-state index contributed by atoms with van der Waals surface area (Å²) >= 11 is 0. The quantitative estimate of drug-likeness (QED) is 0.274. The Kier molecular flexibility index (Phi) is 9.02. The van der Waals surface area contributed by atoms with Gasteiger partial charge in [0, 0.05) is 10.8 Å². The van der Waals surface area contributed by atoms with Crippen molar-refractivity contribution in [1.82, 2.24) is 0 Å². The molecule has 1 N–H and O–H groups in total. The Morgan fingerprint density at radius 2 is 1.38 bits per heavy atom. The van der Waals surface area contributed by atoms with Gasteiger partial charge in [0.25, 0.3) is 0 Å². The van der Waals surface area contributed by atoms with Crippen LogP contribution in [-0.2, 0) is 38.6 Å². The molecule has 188 valence electrons. The van der Waals surface area contributed by atoms with Crippen LogP contribution in [-0.4, -0.2) is 83.7 Å². The van der Waals surface area contributed by atoms with Crippen LogP contribution in [0.15, 0.2) is 0 Å². The van der Waals surface area contributed by atoms with Crippen molar-refractivity contribution >= 4 is 16.1 Å². The van der Waals surface area contributed by atoms with E-state index in [0.717, 1.165) is 12.8 Å². The Morgan fingerprint density at radius 3 is 1.66 bits per heavy atom. The average Bonchev–Trinajstić information content (AvgIpc) is 2.68. The van der Waals surface area contributed by atoms with Gasteiger partial charge in [-0.1, -0.05) is 20.8 Å². The highest BCUT2D eigenvalue weighted by Gasteiger charge is 2.49. The van der Waals surface area contributed by atoms with E-state index < -0.39 is 33.4 Å². The summed E-state index contributed by atoms with van der Waals surface area (Å²) in [4.78, 5) is 12.8. The highest BCUT2D eigenvalue weighted by molar-refractivity contribution is 7.86. The lowest BCUT2D eigenvalue weighted by Crippen LogP contribution is -2.50. The van der Waals surface area contributed by atoms with Gasteiger partial charge in [0.15, 0.2) is 6.61 Å². The Morgan fingerprint density at radius 1 is 0.938 bits per heavy atom. The fraction of sp³-hybridized carbons (Fsp3) is 0.950. The zero-order chi connectivity index (χ0) is 24.1. The molecule has 0 bridgehead atoms. The van der Waals surface area contributed by atoms with Crippen molar-refractivity contribution in [2.24, 2.45) is 16.2 Å². The number of esters is 1. The first-order valence-electron chi connectivity index (χ1n) is 10.7. The Bertz CT molecular complexity index is 694. The monoisotopic (exact) mass is 488 g/mol. The average molecular weight is 489 g/mol. The summed E-state index contributed by atoms with van der Waals surface area (Å²) in [6.07, 6.45) is 1.77. The third-order valence-corrected chi connectivity index (χ3v) is 7.44. The Labute approximate surface area is 187 Å². The predicted octanol–water partition coefficient (Wildman–Crippen LogP) is 2.29. The first-order valence-corrected chi connectivity index (χ1v) is 12.2. The van der Waals surface area contributed by atoms with E-state index in [9.17, 15) is 22.0 Å². The van der Waals surface area contributed by atoms with E-state index in [4.69, 9.17) is 23.5 Å². The summed E-state index contributed by atoms with van der Waals surface area (Å²) in [5, 5.41) is -4.62. The van der Waals surface area contributed by atoms with Crippen molar-refractivity contribution in [3.05, 3.63) is 0 Å². The van der Waals surface area contributed by atoms with Crippen molar-refractivity contribution < 1.29 is 50.2 Å². The van der Waals surface area contributed by atoms with Crippen LogP contribution < -0.4 is 0 Å². The number of rotatable bonds is 15. The summed E-state index contributed by atoms with van der Waals surface area (Å²) in [7, 11) is -5.72. The number of halogens is 2. The van der Waals surface area contributed by atoms with Crippen LogP contribution in [0, 0.1) is 16.2 Å². The van der Waals surface area contributed by atoms with Crippen LogP contribution in [0.4, 0.5) is 8.78 Å². The lowest BCUT2D eigenvalue weighted by molar-refractivity contribution is -0.189. The molecule has 0 aromatic heterocycles. The highest BCUT2D eigenvalue weighted by atomic mass is 32.2. The summed E-state index contributed by atoms with van der Waals surface area (Å²) in [6, 6.07) is 0. The molecule has 2 aliphatic heterocycles. The summed E-state index contributed by atoms with van der Waals surface area (Å²) < 4.78 is 84.3. The van der Waals surface area contributed by atoms with Crippen LogP contribution in [0.25, 0.3) is 0 Å². The lowest BCUT2D eigenvalue weighted by atomic mass is 9.83. The number of hydrogen-bond acceptors (Lipinski definition) is 8. The third-order valence-electron chi connectivity index (χ3n) is 6.56. The summed E-state index contributed by atoms with van der Waals surface area (Å²) in [5.41, 5.74) is -1.73. The minimum Gasteiger partial charge on any atom is -0.457 e. The molecule has 2 heterocycles. The van der Waals surface area contributed by atoms with Gasteiger partial charge in [-0.05, 0) is 19.3 Å². The van der Waals surface area contributed by atoms with E-state index in [-0.39, 0.29) is 30.5 Å². The molecule has 0 unspecified atom stereocenters. The summed E-state index contributed by atoms with van der Waals surface area (Å²) in [5.74, 6) is -1.07. The number of alkyl halides is 2. The largest absolute Gasteiger partial charge is 0.457 e. The van der Waals surface area contributed by atoms with E-state index in [1.165, 1.54) is 0 Å². The minimum absolute atomic E-state index is 0.147. The smallest absolute Gasteiger partial charge is 0.402 e. The van der Waals surface area contributed by atoms with Crippen LogP contribution in [0.1, 0.15) is 40.0 Å². The van der Waals surface area contributed by atoms with Gasteiger partial charge in [-0.15, -0.1) is 0 Å².